The molecule has 2 rings (SSSR count). The Morgan fingerprint density at radius 2 is 1.91 bits per heavy atom. The molecule has 1 aliphatic rings. The minimum atomic E-state index is -0.171. The van der Waals surface area contributed by atoms with E-state index in [0.717, 1.165) is 36.1 Å². The molecule has 1 saturated carbocycles. The molecule has 5 heteroatoms. The number of hydrogen-bond acceptors (Lipinski definition) is 3. The summed E-state index contributed by atoms with van der Waals surface area (Å²) in [6.45, 7) is 3.98. The molecule has 22 heavy (non-hydrogen) atoms. The fraction of sp³-hybridized carbons (Fsp3) is 0.529. The third-order valence-corrected chi connectivity index (χ3v) is 4.32. The van der Waals surface area contributed by atoms with Crippen molar-refractivity contribution in [1.82, 2.24) is 4.90 Å². The summed E-state index contributed by atoms with van der Waals surface area (Å²) in [5, 5.41) is 2.91. The molecule has 2 atom stereocenters. The number of rotatable bonds is 4. The number of anilines is 1. The summed E-state index contributed by atoms with van der Waals surface area (Å²) in [4.78, 5) is 26.0. The molecule has 1 fully saturated rings. The molecule has 1 aliphatic carbocycles. The van der Waals surface area contributed by atoms with E-state index < -0.39 is 0 Å². The number of hydrogen-bond donors (Lipinski definition) is 2. The van der Waals surface area contributed by atoms with Gasteiger partial charge in [-0.1, -0.05) is 18.2 Å². The van der Waals surface area contributed by atoms with Crippen LogP contribution in [0.15, 0.2) is 18.2 Å². The van der Waals surface area contributed by atoms with Crippen molar-refractivity contribution in [3.63, 3.8) is 0 Å². The Labute approximate surface area is 131 Å². The zero-order valence-corrected chi connectivity index (χ0v) is 13.6. The molecular formula is C17H25N3O2. The van der Waals surface area contributed by atoms with Crippen molar-refractivity contribution in [2.24, 2.45) is 11.7 Å². The summed E-state index contributed by atoms with van der Waals surface area (Å²) in [6.07, 6.45) is 2.43. The molecular weight excluding hydrogens is 278 g/mol. The standard InChI is InChI=1S/C17H25N3O2/c1-11-5-4-6-12(2)16(11)19-15(21)10-20(3)17(22)13-7-8-14(18)9-13/h4-6,13-14H,7-10,18H2,1-3H3,(H,19,21). The highest BCUT2D eigenvalue weighted by Gasteiger charge is 2.30. The van der Waals surface area contributed by atoms with Crippen LogP contribution in [-0.2, 0) is 9.59 Å². The second-order valence-electron chi connectivity index (χ2n) is 6.28. The van der Waals surface area contributed by atoms with Crippen LogP contribution in [0, 0.1) is 19.8 Å². The van der Waals surface area contributed by atoms with Crippen LogP contribution in [0.1, 0.15) is 30.4 Å². The van der Waals surface area contributed by atoms with Gasteiger partial charge in [0.1, 0.15) is 0 Å². The van der Waals surface area contributed by atoms with Crippen LogP contribution in [0.25, 0.3) is 0 Å². The van der Waals surface area contributed by atoms with E-state index in [-0.39, 0.29) is 30.3 Å². The zero-order chi connectivity index (χ0) is 16.3. The summed E-state index contributed by atoms with van der Waals surface area (Å²) in [7, 11) is 1.68. The van der Waals surface area contributed by atoms with Crippen LogP contribution in [0.4, 0.5) is 5.69 Å². The summed E-state index contributed by atoms with van der Waals surface area (Å²) >= 11 is 0. The van der Waals surface area contributed by atoms with Crippen LogP contribution in [0.2, 0.25) is 0 Å². The van der Waals surface area contributed by atoms with Crippen LogP contribution in [0.5, 0.6) is 0 Å². The SMILES string of the molecule is Cc1cccc(C)c1NC(=O)CN(C)C(=O)C1CCC(N)C1. The van der Waals surface area contributed by atoms with Crippen molar-refractivity contribution in [2.45, 2.75) is 39.2 Å². The molecule has 120 valence electrons. The lowest BCUT2D eigenvalue weighted by Gasteiger charge is -2.21. The number of amides is 2. The van der Waals surface area contributed by atoms with E-state index in [2.05, 4.69) is 5.32 Å². The second kappa shape index (κ2) is 6.92. The van der Waals surface area contributed by atoms with E-state index in [1.165, 1.54) is 4.90 Å². The first-order valence-corrected chi connectivity index (χ1v) is 7.75. The van der Waals surface area contributed by atoms with Crippen LogP contribution in [0.3, 0.4) is 0 Å². The van der Waals surface area contributed by atoms with Gasteiger partial charge in [-0.2, -0.15) is 0 Å². The average Bonchev–Trinajstić information content (AvgIpc) is 2.88. The minimum absolute atomic E-state index is 0.0182. The van der Waals surface area contributed by atoms with Crippen molar-refractivity contribution in [2.75, 3.05) is 18.9 Å². The molecule has 1 aromatic rings. The largest absolute Gasteiger partial charge is 0.336 e. The van der Waals surface area contributed by atoms with Gasteiger partial charge in [0.15, 0.2) is 0 Å². The number of benzene rings is 1. The monoisotopic (exact) mass is 303 g/mol. The molecule has 0 bridgehead atoms. The minimum Gasteiger partial charge on any atom is -0.336 e. The molecule has 0 aliphatic heterocycles. The first-order valence-electron chi connectivity index (χ1n) is 7.75. The summed E-state index contributed by atoms with van der Waals surface area (Å²) < 4.78 is 0. The maximum atomic E-state index is 12.3. The number of aryl methyl sites for hydroxylation is 2. The summed E-state index contributed by atoms with van der Waals surface area (Å²) in [5.74, 6) is -0.187. The van der Waals surface area contributed by atoms with Gasteiger partial charge in [0.25, 0.3) is 0 Å². The fourth-order valence-corrected chi connectivity index (χ4v) is 3.04. The van der Waals surface area contributed by atoms with Gasteiger partial charge < -0.3 is 16.0 Å². The number of likely N-dealkylation sites (N-methyl/N-ethyl adjacent to an activating group) is 1. The van der Waals surface area contributed by atoms with Gasteiger partial charge in [-0.25, -0.2) is 0 Å². The van der Waals surface area contributed by atoms with Gasteiger partial charge in [0, 0.05) is 24.7 Å². The van der Waals surface area contributed by atoms with Crippen LogP contribution in [-0.4, -0.2) is 36.3 Å². The van der Waals surface area contributed by atoms with Crippen molar-refractivity contribution in [1.29, 1.82) is 0 Å². The predicted molar refractivity (Wildman–Crippen MR) is 87.5 cm³/mol. The highest BCUT2D eigenvalue weighted by molar-refractivity contribution is 5.96. The Balaban J connectivity index is 1.93. The smallest absolute Gasteiger partial charge is 0.243 e. The molecule has 2 unspecified atom stereocenters. The van der Waals surface area contributed by atoms with Crippen molar-refractivity contribution in [3.8, 4) is 0 Å². The highest BCUT2D eigenvalue weighted by atomic mass is 16.2. The van der Waals surface area contributed by atoms with Gasteiger partial charge in [0.05, 0.1) is 6.54 Å². The van der Waals surface area contributed by atoms with E-state index in [4.69, 9.17) is 5.73 Å². The van der Waals surface area contributed by atoms with Gasteiger partial charge in [0.2, 0.25) is 11.8 Å². The Hall–Kier alpha value is -1.88. The fourth-order valence-electron chi connectivity index (χ4n) is 3.04. The van der Waals surface area contributed by atoms with E-state index in [1.54, 1.807) is 7.05 Å². The molecule has 0 aromatic heterocycles. The molecule has 1 aromatic carbocycles. The van der Waals surface area contributed by atoms with Gasteiger partial charge in [-0.05, 0) is 44.2 Å². The first-order chi connectivity index (χ1) is 10.4. The number of nitrogens with two attached hydrogens (primary N) is 1. The van der Waals surface area contributed by atoms with Crippen molar-refractivity contribution < 1.29 is 9.59 Å². The van der Waals surface area contributed by atoms with Gasteiger partial charge >= 0.3 is 0 Å². The van der Waals surface area contributed by atoms with Crippen molar-refractivity contribution >= 4 is 17.5 Å². The van der Waals surface area contributed by atoms with E-state index >= 15 is 0 Å². The van der Waals surface area contributed by atoms with Gasteiger partial charge in [-0.3, -0.25) is 9.59 Å². The second-order valence-corrected chi connectivity index (χ2v) is 6.28. The van der Waals surface area contributed by atoms with E-state index in [9.17, 15) is 9.59 Å². The normalized spacial score (nSPS) is 20.7. The highest BCUT2D eigenvalue weighted by Crippen LogP contribution is 2.25. The molecule has 2 amide bonds. The van der Waals surface area contributed by atoms with Crippen LogP contribution < -0.4 is 11.1 Å². The van der Waals surface area contributed by atoms with E-state index in [1.807, 2.05) is 32.0 Å². The lowest BCUT2D eigenvalue weighted by atomic mass is 10.1. The lowest BCUT2D eigenvalue weighted by molar-refractivity contribution is -0.136. The maximum absolute atomic E-state index is 12.3. The Bertz CT molecular complexity index is 551. The predicted octanol–water partition coefficient (Wildman–Crippen LogP) is 1.83. The molecule has 0 spiro atoms. The van der Waals surface area contributed by atoms with E-state index in [0.29, 0.717) is 0 Å². The lowest BCUT2D eigenvalue weighted by Crippen LogP contribution is -2.38. The summed E-state index contributed by atoms with van der Waals surface area (Å²) in [6, 6.07) is 5.99. The molecule has 3 N–H and O–H groups in total. The number of nitrogens with zero attached hydrogens (tertiary/aromatic N) is 1. The number of para-hydroxylation sites is 1. The Kier molecular flexibility index (Phi) is 5.19. The molecule has 0 radical (unpaired) electrons. The quantitative estimate of drug-likeness (QED) is 0.891. The van der Waals surface area contributed by atoms with Gasteiger partial charge in [-0.15, -0.1) is 0 Å². The molecule has 0 saturated heterocycles. The molecule has 0 heterocycles. The summed E-state index contributed by atoms with van der Waals surface area (Å²) in [5.41, 5.74) is 8.71. The third kappa shape index (κ3) is 3.85. The zero-order valence-electron chi connectivity index (χ0n) is 13.6. The number of nitrogens with one attached hydrogen (secondary N) is 1. The Morgan fingerprint density at radius 1 is 1.27 bits per heavy atom. The topological polar surface area (TPSA) is 75.4 Å². The number of carbonyl (C=O) groups excluding carboxylic acids is 2. The third-order valence-electron chi connectivity index (χ3n) is 4.32. The Morgan fingerprint density at radius 3 is 2.45 bits per heavy atom. The average molecular weight is 303 g/mol. The maximum Gasteiger partial charge on any atom is 0.243 e. The van der Waals surface area contributed by atoms with Crippen LogP contribution >= 0.6 is 0 Å². The molecule has 5 nitrogen and oxygen atoms in total. The first kappa shape index (κ1) is 16.5. The van der Waals surface area contributed by atoms with Crippen molar-refractivity contribution in [3.05, 3.63) is 29.3 Å². The number of carbonyl (C=O) groups is 2.